The maximum absolute atomic E-state index is 12.3. The number of piperazine rings is 1. The van der Waals surface area contributed by atoms with Gasteiger partial charge < -0.3 is 4.90 Å². The fraction of sp³-hybridized carbons (Fsp3) is 0.556. The van der Waals surface area contributed by atoms with Gasteiger partial charge in [-0.1, -0.05) is 18.3 Å². The second-order valence-corrected chi connectivity index (χ2v) is 8.55. The maximum Gasteiger partial charge on any atom is 0.228 e. The van der Waals surface area contributed by atoms with Gasteiger partial charge in [-0.15, -0.1) is 5.10 Å². The highest BCUT2D eigenvalue weighted by Crippen LogP contribution is 2.33. The molecule has 1 saturated heterocycles. The van der Waals surface area contributed by atoms with E-state index >= 15 is 0 Å². The number of carbonyl (C=O) groups is 1. The number of hydrogen-bond donors (Lipinski definition) is 0. The van der Waals surface area contributed by atoms with Crippen molar-refractivity contribution < 1.29 is 4.79 Å². The molecule has 144 valence electrons. The molecular formula is C18H24N6OS2. The first kappa shape index (κ1) is 18.5. The second kappa shape index (κ2) is 8.04. The fourth-order valence-electron chi connectivity index (χ4n) is 3.34. The van der Waals surface area contributed by atoms with Gasteiger partial charge in [-0.2, -0.15) is 0 Å². The number of anilines is 2. The predicted molar refractivity (Wildman–Crippen MR) is 110 cm³/mol. The molecule has 0 N–H and O–H groups in total. The molecular weight excluding hydrogens is 380 g/mol. The highest BCUT2D eigenvalue weighted by Gasteiger charge is 2.35. The molecule has 1 saturated carbocycles. The normalized spacial score (nSPS) is 17.9. The molecule has 2 aliphatic rings. The Kier molecular flexibility index (Phi) is 5.51. The van der Waals surface area contributed by atoms with Crippen LogP contribution in [0.4, 0.5) is 10.8 Å². The third-order valence-corrected chi connectivity index (χ3v) is 6.33. The van der Waals surface area contributed by atoms with Crippen molar-refractivity contribution in [2.75, 3.05) is 36.0 Å². The Morgan fingerprint density at radius 3 is 2.59 bits per heavy atom. The summed E-state index contributed by atoms with van der Waals surface area (Å²) in [7, 11) is 0. The van der Waals surface area contributed by atoms with E-state index in [2.05, 4.69) is 32.0 Å². The molecule has 0 atom stereocenters. The van der Waals surface area contributed by atoms with Gasteiger partial charge in [0.1, 0.15) is 0 Å². The van der Waals surface area contributed by atoms with E-state index in [9.17, 15) is 4.79 Å². The lowest BCUT2D eigenvalue weighted by Gasteiger charge is -2.35. The van der Waals surface area contributed by atoms with Gasteiger partial charge in [0.05, 0.1) is 6.67 Å². The average Bonchev–Trinajstić information content (AvgIpc) is 3.47. The van der Waals surface area contributed by atoms with Crippen LogP contribution in [0.1, 0.15) is 26.2 Å². The van der Waals surface area contributed by atoms with E-state index in [1.54, 1.807) is 0 Å². The largest absolute Gasteiger partial charge is 0.369 e. The maximum atomic E-state index is 12.3. The summed E-state index contributed by atoms with van der Waals surface area (Å²) in [6, 6.07) is 4.42. The number of pyridine rings is 1. The first-order valence-electron chi connectivity index (χ1n) is 9.43. The van der Waals surface area contributed by atoms with E-state index in [0.717, 1.165) is 48.1 Å². The van der Waals surface area contributed by atoms with Crippen LogP contribution in [0.15, 0.2) is 24.5 Å². The van der Waals surface area contributed by atoms with Crippen molar-refractivity contribution in [3.05, 3.63) is 28.5 Å². The number of amides is 1. The summed E-state index contributed by atoms with van der Waals surface area (Å²) >= 11 is 6.98. The van der Waals surface area contributed by atoms with Crippen molar-refractivity contribution in [2.24, 2.45) is 0 Å². The lowest BCUT2D eigenvalue weighted by molar-refractivity contribution is -0.118. The summed E-state index contributed by atoms with van der Waals surface area (Å²) in [5.41, 5.74) is 1.22. The van der Waals surface area contributed by atoms with E-state index in [1.807, 2.05) is 28.9 Å². The lowest BCUT2D eigenvalue weighted by Crippen LogP contribution is -2.47. The SMILES string of the molecule is CCC(=O)N(c1nn(CN2CCN(c3ccncc3)CC2)c(=S)s1)C1CC1. The smallest absolute Gasteiger partial charge is 0.228 e. The summed E-state index contributed by atoms with van der Waals surface area (Å²) in [6.07, 6.45) is 6.30. The van der Waals surface area contributed by atoms with Crippen molar-refractivity contribution in [2.45, 2.75) is 38.9 Å². The number of rotatable bonds is 6. The first-order chi connectivity index (χ1) is 13.2. The Balaban J connectivity index is 1.40. The van der Waals surface area contributed by atoms with Crippen molar-refractivity contribution >= 4 is 40.3 Å². The van der Waals surface area contributed by atoms with Crippen LogP contribution < -0.4 is 9.80 Å². The molecule has 1 aliphatic heterocycles. The Hall–Kier alpha value is -1.84. The van der Waals surface area contributed by atoms with Crippen molar-refractivity contribution in [1.29, 1.82) is 0 Å². The van der Waals surface area contributed by atoms with Gasteiger partial charge in [0.2, 0.25) is 11.0 Å². The van der Waals surface area contributed by atoms with Crippen LogP contribution in [0.25, 0.3) is 0 Å². The summed E-state index contributed by atoms with van der Waals surface area (Å²) in [6.45, 7) is 6.43. The number of hydrogen-bond acceptors (Lipinski definition) is 7. The Morgan fingerprint density at radius 1 is 1.26 bits per heavy atom. The molecule has 2 aromatic rings. The molecule has 9 heteroatoms. The zero-order valence-corrected chi connectivity index (χ0v) is 17.1. The Morgan fingerprint density at radius 2 is 1.96 bits per heavy atom. The zero-order chi connectivity index (χ0) is 18.8. The van der Waals surface area contributed by atoms with Gasteiger partial charge in [-0.3, -0.25) is 19.6 Å². The molecule has 27 heavy (non-hydrogen) atoms. The van der Waals surface area contributed by atoms with Gasteiger partial charge in [0, 0.05) is 56.7 Å². The summed E-state index contributed by atoms with van der Waals surface area (Å²) in [5, 5.41) is 5.44. The Labute approximate surface area is 168 Å². The van der Waals surface area contributed by atoms with E-state index in [1.165, 1.54) is 17.0 Å². The Bertz CT molecular complexity index is 839. The fourth-order valence-corrected chi connectivity index (χ4v) is 4.51. The average molecular weight is 405 g/mol. The molecule has 2 aromatic heterocycles. The molecule has 2 fully saturated rings. The predicted octanol–water partition coefficient (Wildman–Crippen LogP) is 2.75. The van der Waals surface area contributed by atoms with Crippen LogP contribution in [-0.2, 0) is 11.5 Å². The molecule has 3 heterocycles. The van der Waals surface area contributed by atoms with Crippen LogP contribution >= 0.6 is 23.6 Å². The molecule has 4 rings (SSSR count). The van der Waals surface area contributed by atoms with E-state index in [4.69, 9.17) is 12.2 Å². The van der Waals surface area contributed by atoms with Crippen molar-refractivity contribution in [3.8, 4) is 0 Å². The summed E-state index contributed by atoms with van der Waals surface area (Å²) in [5.74, 6) is 0.138. The highest BCUT2D eigenvalue weighted by atomic mass is 32.1. The molecule has 0 aromatic carbocycles. The second-order valence-electron chi connectivity index (χ2n) is 6.95. The minimum atomic E-state index is 0.138. The van der Waals surface area contributed by atoms with Crippen molar-refractivity contribution in [1.82, 2.24) is 19.7 Å². The highest BCUT2D eigenvalue weighted by molar-refractivity contribution is 7.73. The number of carbonyl (C=O) groups excluding carboxylic acids is 1. The van der Waals surface area contributed by atoms with Crippen molar-refractivity contribution in [3.63, 3.8) is 0 Å². The molecule has 0 unspecified atom stereocenters. The molecule has 7 nitrogen and oxygen atoms in total. The minimum absolute atomic E-state index is 0.138. The van der Waals surface area contributed by atoms with Crippen LogP contribution in [0, 0.1) is 3.95 Å². The molecule has 0 spiro atoms. The molecule has 0 bridgehead atoms. The van der Waals surface area contributed by atoms with Crippen LogP contribution in [0.3, 0.4) is 0 Å². The van der Waals surface area contributed by atoms with Crippen LogP contribution in [0.2, 0.25) is 0 Å². The monoisotopic (exact) mass is 404 g/mol. The summed E-state index contributed by atoms with van der Waals surface area (Å²) < 4.78 is 2.60. The quantitative estimate of drug-likeness (QED) is 0.690. The summed E-state index contributed by atoms with van der Waals surface area (Å²) in [4.78, 5) is 23.0. The topological polar surface area (TPSA) is 57.5 Å². The third-order valence-electron chi connectivity index (χ3n) is 5.02. The van der Waals surface area contributed by atoms with E-state index in [0.29, 0.717) is 19.1 Å². The van der Waals surface area contributed by atoms with E-state index in [-0.39, 0.29) is 5.91 Å². The van der Waals surface area contributed by atoms with Gasteiger partial charge >= 0.3 is 0 Å². The number of nitrogens with zero attached hydrogens (tertiary/aromatic N) is 6. The van der Waals surface area contributed by atoms with Crippen LogP contribution in [0.5, 0.6) is 0 Å². The third kappa shape index (κ3) is 4.20. The van der Waals surface area contributed by atoms with Gasteiger partial charge in [0.25, 0.3) is 0 Å². The number of aromatic nitrogens is 3. The molecule has 1 amide bonds. The van der Waals surface area contributed by atoms with Gasteiger partial charge in [-0.05, 0) is 37.2 Å². The van der Waals surface area contributed by atoms with E-state index < -0.39 is 0 Å². The standard InChI is InChI=1S/C18H24N6OS2/c1-2-16(25)24(15-3-4-15)17-20-23(18(26)27-17)13-21-9-11-22(12-10-21)14-5-7-19-8-6-14/h5-8,15H,2-4,9-13H2,1H3. The molecule has 1 aliphatic carbocycles. The van der Waals surface area contributed by atoms with Gasteiger partial charge in [-0.25, -0.2) is 4.68 Å². The first-order valence-corrected chi connectivity index (χ1v) is 10.7. The molecule has 0 radical (unpaired) electrons. The zero-order valence-electron chi connectivity index (χ0n) is 15.5. The van der Waals surface area contributed by atoms with Gasteiger partial charge in [0.15, 0.2) is 3.95 Å². The minimum Gasteiger partial charge on any atom is -0.369 e. The van der Waals surface area contributed by atoms with Crippen LogP contribution in [-0.4, -0.2) is 57.8 Å². The lowest BCUT2D eigenvalue weighted by atomic mass is 10.3.